The van der Waals surface area contributed by atoms with Gasteiger partial charge in [-0.15, -0.1) is 11.3 Å². The third-order valence-corrected chi connectivity index (χ3v) is 4.68. The van der Waals surface area contributed by atoms with Crippen molar-refractivity contribution in [3.05, 3.63) is 46.7 Å². The van der Waals surface area contributed by atoms with Gasteiger partial charge in [-0.05, 0) is 42.8 Å². The van der Waals surface area contributed by atoms with Gasteiger partial charge in [-0.3, -0.25) is 0 Å². The highest BCUT2D eigenvalue weighted by molar-refractivity contribution is 7.09. The second kappa shape index (κ2) is 6.83. The van der Waals surface area contributed by atoms with E-state index in [4.69, 9.17) is 4.74 Å². The van der Waals surface area contributed by atoms with E-state index in [1.54, 1.807) is 18.4 Å². The number of anilines is 1. The summed E-state index contributed by atoms with van der Waals surface area (Å²) in [5.41, 5.74) is 0.770. The van der Waals surface area contributed by atoms with Gasteiger partial charge in [-0.2, -0.15) is 0 Å². The summed E-state index contributed by atoms with van der Waals surface area (Å²) in [4.78, 5) is 15.8. The highest BCUT2D eigenvalue weighted by atomic mass is 32.1. The number of hydrogen-bond donors (Lipinski definition) is 1. The maximum Gasteiger partial charge on any atom is 0.322 e. The zero-order chi connectivity index (χ0) is 15.4. The van der Waals surface area contributed by atoms with E-state index in [2.05, 4.69) is 22.8 Å². The molecule has 22 heavy (non-hydrogen) atoms. The van der Waals surface area contributed by atoms with E-state index >= 15 is 0 Å². The number of rotatable bonds is 6. The topological polar surface area (TPSA) is 41.6 Å². The minimum Gasteiger partial charge on any atom is -0.497 e. The van der Waals surface area contributed by atoms with Crippen molar-refractivity contribution in [3.8, 4) is 5.75 Å². The Kier molecular flexibility index (Phi) is 4.63. The van der Waals surface area contributed by atoms with Crippen LogP contribution in [0, 0.1) is 0 Å². The Morgan fingerprint density at radius 2 is 2.23 bits per heavy atom. The summed E-state index contributed by atoms with van der Waals surface area (Å²) < 4.78 is 5.19. The van der Waals surface area contributed by atoms with Gasteiger partial charge in [0.15, 0.2) is 0 Å². The zero-order valence-corrected chi connectivity index (χ0v) is 13.4. The normalized spacial score (nSPS) is 13.7. The van der Waals surface area contributed by atoms with Crippen LogP contribution in [0.2, 0.25) is 0 Å². The Hall–Kier alpha value is -2.01. The molecule has 0 spiro atoms. The molecule has 0 aliphatic heterocycles. The molecule has 116 valence electrons. The van der Waals surface area contributed by atoms with E-state index < -0.39 is 0 Å². The van der Waals surface area contributed by atoms with Crippen LogP contribution in [0.3, 0.4) is 0 Å². The number of benzene rings is 1. The molecule has 1 heterocycles. The molecule has 1 fully saturated rings. The molecule has 2 amide bonds. The van der Waals surface area contributed by atoms with Crippen LogP contribution in [-0.2, 0) is 6.42 Å². The summed E-state index contributed by atoms with van der Waals surface area (Å²) >= 11 is 1.74. The van der Waals surface area contributed by atoms with Crippen molar-refractivity contribution in [2.45, 2.75) is 25.3 Å². The number of hydrogen-bond acceptors (Lipinski definition) is 3. The first-order valence-corrected chi connectivity index (χ1v) is 8.38. The molecule has 3 rings (SSSR count). The fourth-order valence-corrected chi connectivity index (χ4v) is 3.12. The average Bonchev–Trinajstić information content (AvgIpc) is 3.23. The monoisotopic (exact) mass is 316 g/mol. The number of amides is 2. The van der Waals surface area contributed by atoms with Gasteiger partial charge in [-0.1, -0.05) is 12.1 Å². The lowest BCUT2D eigenvalue weighted by molar-refractivity contribution is 0.209. The Labute approximate surface area is 134 Å². The van der Waals surface area contributed by atoms with Gasteiger partial charge < -0.3 is 15.0 Å². The van der Waals surface area contributed by atoms with Crippen molar-refractivity contribution in [2.75, 3.05) is 19.0 Å². The van der Waals surface area contributed by atoms with Crippen LogP contribution >= 0.6 is 11.3 Å². The molecule has 0 atom stereocenters. The van der Waals surface area contributed by atoms with E-state index in [1.807, 2.05) is 29.2 Å². The smallest absolute Gasteiger partial charge is 0.322 e. The summed E-state index contributed by atoms with van der Waals surface area (Å²) in [6.45, 7) is 0.765. The summed E-state index contributed by atoms with van der Waals surface area (Å²) in [5, 5.41) is 5.06. The molecule has 0 bridgehead atoms. The molecular weight excluding hydrogens is 296 g/mol. The number of nitrogens with one attached hydrogen (secondary N) is 1. The highest BCUT2D eigenvalue weighted by Gasteiger charge is 2.32. The number of ether oxygens (including phenoxy) is 1. The lowest BCUT2D eigenvalue weighted by atomic mass is 10.3. The molecule has 1 N–H and O–H groups in total. The van der Waals surface area contributed by atoms with E-state index in [9.17, 15) is 4.79 Å². The van der Waals surface area contributed by atoms with E-state index in [0.717, 1.165) is 37.2 Å². The van der Waals surface area contributed by atoms with Crippen LogP contribution in [0.5, 0.6) is 5.75 Å². The Morgan fingerprint density at radius 1 is 1.36 bits per heavy atom. The van der Waals surface area contributed by atoms with Gasteiger partial charge in [0.25, 0.3) is 0 Å². The lowest BCUT2D eigenvalue weighted by Crippen LogP contribution is -2.38. The van der Waals surface area contributed by atoms with Gasteiger partial charge in [0.05, 0.1) is 7.11 Å². The van der Waals surface area contributed by atoms with Crippen molar-refractivity contribution >= 4 is 23.1 Å². The maximum atomic E-state index is 12.5. The molecule has 1 aromatic carbocycles. The first-order chi connectivity index (χ1) is 10.8. The van der Waals surface area contributed by atoms with Crippen molar-refractivity contribution in [1.82, 2.24) is 4.90 Å². The number of thiophene rings is 1. The van der Waals surface area contributed by atoms with Gasteiger partial charge >= 0.3 is 6.03 Å². The Morgan fingerprint density at radius 3 is 2.91 bits per heavy atom. The molecule has 1 aliphatic rings. The molecule has 1 aliphatic carbocycles. The summed E-state index contributed by atoms with van der Waals surface area (Å²) in [6.07, 6.45) is 3.13. The molecule has 5 heteroatoms. The van der Waals surface area contributed by atoms with Gasteiger partial charge in [0.2, 0.25) is 0 Å². The predicted molar refractivity (Wildman–Crippen MR) is 89.8 cm³/mol. The van der Waals surface area contributed by atoms with Crippen molar-refractivity contribution in [1.29, 1.82) is 0 Å². The molecule has 2 aromatic rings. The van der Waals surface area contributed by atoms with Crippen molar-refractivity contribution in [3.63, 3.8) is 0 Å². The molecule has 1 aromatic heterocycles. The van der Waals surface area contributed by atoms with Crippen LogP contribution in [0.25, 0.3) is 0 Å². The Bertz CT molecular complexity index is 623. The lowest BCUT2D eigenvalue weighted by Gasteiger charge is -2.22. The molecule has 0 radical (unpaired) electrons. The van der Waals surface area contributed by atoms with E-state index in [1.165, 1.54) is 4.88 Å². The van der Waals surface area contributed by atoms with Crippen LogP contribution < -0.4 is 10.1 Å². The van der Waals surface area contributed by atoms with Crippen LogP contribution in [0.1, 0.15) is 17.7 Å². The summed E-state index contributed by atoms with van der Waals surface area (Å²) in [7, 11) is 1.62. The average molecular weight is 316 g/mol. The van der Waals surface area contributed by atoms with E-state index in [-0.39, 0.29) is 6.03 Å². The summed E-state index contributed by atoms with van der Waals surface area (Å²) in [6, 6.07) is 12.0. The molecule has 0 unspecified atom stereocenters. The third-order valence-electron chi connectivity index (χ3n) is 3.75. The Balaban J connectivity index is 1.62. The number of carbonyl (C=O) groups excluding carboxylic acids is 1. The molecule has 4 nitrogen and oxygen atoms in total. The summed E-state index contributed by atoms with van der Waals surface area (Å²) in [5.74, 6) is 0.745. The minimum absolute atomic E-state index is 0.0210. The van der Waals surface area contributed by atoms with Gasteiger partial charge in [0.1, 0.15) is 5.75 Å². The predicted octanol–water partition coefficient (Wildman–Crippen LogP) is 4.00. The van der Waals surface area contributed by atoms with Crippen LogP contribution in [-0.4, -0.2) is 30.6 Å². The van der Waals surface area contributed by atoms with E-state index in [0.29, 0.717) is 6.04 Å². The van der Waals surface area contributed by atoms with Crippen molar-refractivity contribution < 1.29 is 9.53 Å². The first kappa shape index (κ1) is 14.9. The minimum atomic E-state index is -0.0210. The maximum absolute atomic E-state index is 12.5. The SMILES string of the molecule is COc1cccc(NC(=O)N(CCc2cccs2)C2CC2)c1. The standard InChI is InChI=1S/C17H20N2O2S/c1-21-15-5-2-4-13(12-15)18-17(20)19(14-7-8-14)10-9-16-6-3-11-22-16/h2-6,11-12,14H,7-10H2,1H3,(H,18,20). The molecule has 0 saturated heterocycles. The quantitative estimate of drug-likeness (QED) is 0.875. The first-order valence-electron chi connectivity index (χ1n) is 7.50. The fraction of sp³-hybridized carbons (Fsp3) is 0.353. The molecular formula is C17H20N2O2S. The molecule has 1 saturated carbocycles. The number of carbonyl (C=O) groups is 1. The number of nitrogens with zero attached hydrogens (tertiary/aromatic N) is 1. The second-order valence-corrected chi connectivity index (χ2v) is 6.45. The third kappa shape index (κ3) is 3.80. The fourth-order valence-electron chi connectivity index (χ4n) is 2.42. The van der Waals surface area contributed by atoms with Crippen molar-refractivity contribution in [2.24, 2.45) is 0 Å². The highest BCUT2D eigenvalue weighted by Crippen LogP contribution is 2.28. The number of urea groups is 1. The van der Waals surface area contributed by atoms with Gasteiger partial charge in [0, 0.05) is 29.2 Å². The second-order valence-electron chi connectivity index (χ2n) is 5.42. The van der Waals surface area contributed by atoms with Crippen LogP contribution in [0.4, 0.5) is 10.5 Å². The number of methoxy groups -OCH3 is 1. The van der Waals surface area contributed by atoms with Gasteiger partial charge in [-0.25, -0.2) is 4.79 Å². The van der Waals surface area contributed by atoms with Crippen LogP contribution in [0.15, 0.2) is 41.8 Å². The zero-order valence-electron chi connectivity index (χ0n) is 12.6. The largest absolute Gasteiger partial charge is 0.497 e.